The molecule has 0 atom stereocenters. The monoisotopic (exact) mass is 406 g/mol. The van der Waals surface area contributed by atoms with Crippen molar-refractivity contribution in [1.29, 1.82) is 0 Å². The van der Waals surface area contributed by atoms with Crippen LogP contribution in [-0.2, 0) is 12.3 Å². The van der Waals surface area contributed by atoms with Crippen LogP contribution in [0.4, 0.5) is 0 Å². The number of rotatable bonds is 12. The van der Waals surface area contributed by atoms with E-state index in [1.807, 2.05) is 26.2 Å². The molecule has 0 saturated carbocycles. The molecule has 1 heterocycles. The lowest BCUT2D eigenvalue weighted by atomic mass is 10.0. The van der Waals surface area contributed by atoms with Gasteiger partial charge in [-0.3, -0.25) is 15.1 Å². The molecule has 1 aliphatic rings. The number of nitrogens with one attached hydrogen (secondary N) is 1. The van der Waals surface area contributed by atoms with Gasteiger partial charge in [-0.25, -0.2) is 0 Å². The summed E-state index contributed by atoms with van der Waals surface area (Å²) < 4.78 is 5.78. The van der Waals surface area contributed by atoms with Crippen LogP contribution < -0.4 is 5.32 Å². The summed E-state index contributed by atoms with van der Waals surface area (Å²) in [5.41, 5.74) is 1.37. The molecule has 0 bridgehead atoms. The molecule has 7 nitrogen and oxygen atoms in total. The van der Waals surface area contributed by atoms with E-state index in [9.17, 15) is 10.1 Å². The van der Waals surface area contributed by atoms with Gasteiger partial charge in [0, 0.05) is 17.2 Å². The third-order valence-corrected chi connectivity index (χ3v) is 5.08. The maximum absolute atomic E-state index is 10.9. The van der Waals surface area contributed by atoms with Gasteiger partial charge >= 0.3 is 0 Å². The number of amidine groups is 1. The lowest BCUT2D eigenvalue weighted by Gasteiger charge is -2.10. The van der Waals surface area contributed by atoms with Gasteiger partial charge in [-0.2, -0.15) is 11.8 Å². The summed E-state index contributed by atoms with van der Waals surface area (Å²) in [5, 5.41) is 14.0. The number of hydrogen-bond acceptors (Lipinski definition) is 6. The van der Waals surface area contributed by atoms with E-state index in [4.69, 9.17) is 4.42 Å². The number of nitro groups is 1. The molecule has 1 aromatic rings. The van der Waals surface area contributed by atoms with Crippen LogP contribution in [0, 0.1) is 10.1 Å². The van der Waals surface area contributed by atoms with Crippen LogP contribution >= 0.6 is 11.8 Å². The fourth-order valence-corrected chi connectivity index (χ4v) is 3.54. The Balaban J connectivity index is 1.68. The molecule has 0 unspecified atom stereocenters. The Morgan fingerprint density at radius 3 is 2.89 bits per heavy atom. The molecule has 8 heteroatoms. The average Bonchev–Trinajstić information content (AvgIpc) is 3.08. The molecule has 0 fully saturated rings. The standard InChI is InChI=1S/C20H30N4O3S/c1-23(2)14-18-8-9-19(27-18)16-28-13-12-22-20(15-24(25)26)21-11-10-17-6-4-3-5-7-17/h3-4,7-9H,5-6,10-16H2,1-2H3,(H,21,22). The smallest absolute Gasteiger partial charge is 0.259 e. The summed E-state index contributed by atoms with van der Waals surface area (Å²) in [7, 11) is 4.02. The Kier molecular flexibility index (Phi) is 9.85. The Labute approximate surface area is 171 Å². The van der Waals surface area contributed by atoms with Gasteiger partial charge < -0.3 is 14.6 Å². The summed E-state index contributed by atoms with van der Waals surface area (Å²) in [6, 6.07) is 4.01. The Morgan fingerprint density at radius 2 is 2.18 bits per heavy atom. The van der Waals surface area contributed by atoms with E-state index >= 15 is 0 Å². The van der Waals surface area contributed by atoms with Crippen LogP contribution in [0.15, 0.2) is 45.3 Å². The fourth-order valence-electron chi connectivity index (χ4n) is 2.82. The molecule has 1 aliphatic carbocycles. The molecule has 0 radical (unpaired) electrons. The number of nitrogens with zero attached hydrogens (tertiary/aromatic N) is 3. The first-order chi connectivity index (χ1) is 13.5. The van der Waals surface area contributed by atoms with Gasteiger partial charge in [-0.1, -0.05) is 23.8 Å². The number of furan rings is 1. The van der Waals surface area contributed by atoms with Gasteiger partial charge in [0.1, 0.15) is 11.5 Å². The largest absolute Gasteiger partial charge is 0.464 e. The maximum Gasteiger partial charge on any atom is 0.259 e. The zero-order valence-corrected chi connectivity index (χ0v) is 17.5. The topological polar surface area (TPSA) is 83.9 Å². The first-order valence-corrected chi connectivity index (χ1v) is 10.7. The molecule has 2 rings (SSSR count). The third-order valence-electron chi connectivity index (χ3n) is 4.12. The highest BCUT2D eigenvalue weighted by Crippen LogP contribution is 2.16. The van der Waals surface area contributed by atoms with E-state index in [-0.39, 0.29) is 11.5 Å². The molecular formula is C20H30N4O3S. The predicted octanol–water partition coefficient (Wildman–Crippen LogP) is 3.51. The second-order valence-corrected chi connectivity index (χ2v) is 8.03. The van der Waals surface area contributed by atoms with Crippen molar-refractivity contribution < 1.29 is 9.34 Å². The SMILES string of the molecule is CN(C)Cc1ccc(CSCCN=C(C[N+](=O)[O-])NCCC2=CCC=CC2)o1. The highest BCUT2D eigenvalue weighted by Gasteiger charge is 2.08. The fraction of sp³-hybridized carbons (Fsp3) is 0.550. The van der Waals surface area contributed by atoms with Gasteiger partial charge in [0.25, 0.3) is 6.54 Å². The number of thioether (sulfide) groups is 1. The maximum atomic E-state index is 10.9. The summed E-state index contributed by atoms with van der Waals surface area (Å²) >= 11 is 1.72. The first kappa shape index (κ1) is 22.2. The molecule has 0 aromatic carbocycles. The second-order valence-electron chi connectivity index (χ2n) is 6.93. The molecule has 0 saturated heterocycles. The van der Waals surface area contributed by atoms with E-state index in [1.54, 1.807) is 11.8 Å². The van der Waals surface area contributed by atoms with Gasteiger partial charge in [0.15, 0.2) is 5.84 Å². The first-order valence-electron chi connectivity index (χ1n) is 9.55. The van der Waals surface area contributed by atoms with Crippen LogP contribution in [0.25, 0.3) is 0 Å². The minimum atomic E-state index is -0.337. The van der Waals surface area contributed by atoms with Crippen molar-refractivity contribution in [2.75, 3.05) is 39.5 Å². The lowest BCUT2D eigenvalue weighted by molar-refractivity contribution is -0.463. The van der Waals surface area contributed by atoms with E-state index in [0.717, 1.165) is 48.8 Å². The zero-order chi connectivity index (χ0) is 20.2. The number of hydrogen-bond donors (Lipinski definition) is 1. The normalized spacial score (nSPS) is 14.4. The summed E-state index contributed by atoms with van der Waals surface area (Å²) in [6.07, 6.45) is 9.39. The number of aliphatic imine (C=N–C) groups is 1. The van der Waals surface area contributed by atoms with Crippen LogP contribution in [0.1, 0.15) is 30.8 Å². The molecule has 0 amide bonds. The van der Waals surface area contributed by atoms with Crippen LogP contribution in [-0.4, -0.2) is 55.1 Å². The van der Waals surface area contributed by atoms with Gasteiger partial charge in [-0.15, -0.1) is 0 Å². The quantitative estimate of drug-likeness (QED) is 0.143. The minimum absolute atomic E-state index is 0.254. The van der Waals surface area contributed by atoms with Crippen LogP contribution in [0.2, 0.25) is 0 Å². The Morgan fingerprint density at radius 1 is 1.36 bits per heavy atom. The Bertz CT molecular complexity index is 710. The summed E-state index contributed by atoms with van der Waals surface area (Å²) in [4.78, 5) is 17.0. The van der Waals surface area contributed by atoms with E-state index in [2.05, 4.69) is 33.4 Å². The molecular weight excluding hydrogens is 376 g/mol. The summed E-state index contributed by atoms with van der Waals surface area (Å²) in [5.74, 6) is 3.94. The highest BCUT2D eigenvalue weighted by molar-refractivity contribution is 7.98. The van der Waals surface area contributed by atoms with E-state index in [0.29, 0.717) is 18.9 Å². The van der Waals surface area contributed by atoms with Gasteiger partial charge in [0.2, 0.25) is 0 Å². The van der Waals surface area contributed by atoms with Crippen molar-refractivity contribution in [2.45, 2.75) is 31.6 Å². The molecule has 0 aliphatic heterocycles. The second kappa shape index (κ2) is 12.4. The third kappa shape index (κ3) is 9.23. The van der Waals surface area contributed by atoms with Crippen LogP contribution in [0.3, 0.4) is 0 Å². The molecule has 1 N–H and O–H groups in total. The van der Waals surface area contributed by atoms with Gasteiger partial charge in [-0.05, 0) is 45.5 Å². The van der Waals surface area contributed by atoms with Crippen molar-refractivity contribution >= 4 is 17.6 Å². The van der Waals surface area contributed by atoms with E-state index in [1.165, 1.54) is 5.57 Å². The molecule has 154 valence electrons. The lowest BCUT2D eigenvalue weighted by Crippen LogP contribution is -2.31. The summed E-state index contributed by atoms with van der Waals surface area (Å²) in [6.45, 7) is 1.77. The zero-order valence-electron chi connectivity index (χ0n) is 16.7. The van der Waals surface area contributed by atoms with Crippen molar-refractivity contribution in [2.24, 2.45) is 4.99 Å². The molecule has 28 heavy (non-hydrogen) atoms. The van der Waals surface area contributed by atoms with Crippen molar-refractivity contribution in [3.05, 3.63) is 57.6 Å². The van der Waals surface area contributed by atoms with Crippen molar-refractivity contribution in [3.8, 4) is 0 Å². The van der Waals surface area contributed by atoms with Crippen molar-refractivity contribution in [1.82, 2.24) is 10.2 Å². The highest BCUT2D eigenvalue weighted by atomic mass is 32.2. The molecule has 0 spiro atoms. The van der Waals surface area contributed by atoms with Crippen LogP contribution in [0.5, 0.6) is 0 Å². The van der Waals surface area contributed by atoms with Crippen molar-refractivity contribution in [3.63, 3.8) is 0 Å². The minimum Gasteiger partial charge on any atom is -0.464 e. The number of allylic oxidation sites excluding steroid dienone is 3. The average molecular weight is 407 g/mol. The van der Waals surface area contributed by atoms with E-state index < -0.39 is 0 Å². The Hall–Kier alpha value is -2.06. The predicted molar refractivity (Wildman–Crippen MR) is 116 cm³/mol. The molecule has 1 aromatic heterocycles. The van der Waals surface area contributed by atoms with Gasteiger partial charge in [0.05, 0.1) is 18.8 Å².